The number of aromatic nitrogens is 4. The summed E-state index contributed by atoms with van der Waals surface area (Å²) < 4.78 is 17.6. The molecular weight excluding hydrogens is 416 g/mol. The lowest BCUT2D eigenvalue weighted by molar-refractivity contribution is -0.141. The highest BCUT2D eigenvalue weighted by Crippen LogP contribution is 2.31. The number of carbonyl (C=O) groups excluding carboxylic acids is 1. The zero-order valence-corrected chi connectivity index (χ0v) is 17.8. The van der Waals surface area contributed by atoms with E-state index in [0.29, 0.717) is 28.0 Å². The number of rotatable bonds is 8. The van der Waals surface area contributed by atoms with Gasteiger partial charge in [-0.25, -0.2) is 0 Å². The normalized spacial score (nSPS) is 10.8. The third kappa shape index (κ3) is 4.77. The van der Waals surface area contributed by atoms with E-state index in [2.05, 4.69) is 15.3 Å². The first-order valence-electron chi connectivity index (χ1n) is 9.45. The van der Waals surface area contributed by atoms with Crippen LogP contribution in [0.25, 0.3) is 17.0 Å². The Hall–Kier alpha value is -3.59. The van der Waals surface area contributed by atoms with Crippen molar-refractivity contribution in [2.45, 2.75) is 11.6 Å². The van der Waals surface area contributed by atoms with Gasteiger partial charge in [-0.15, -0.1) is 10.2 Å². The lowest BCUT2D eigenvalue weighted by Crippen LogP contribution is -2.07. The molecule has 2 aromatic heterocycles. The van der Waals surface area contributed by atoms with Gasteiger partial charge in [-0.3, -0.25) is 4.79 Å². The summed E-state index contributed by atoms with van der Waals surface area (Å²) in [7, 11) is 3.16. The van der Waals surface area contributed by atoms with E-state index >= 15 is 0 Å². The molecule has 2 aromatic carbocycles. The van der Waals surface area contributed by atoms with Gasteiger partial charge in [0.15, 0.2) is 23.0 Å². The molecule has 0 bridgehead atoms. The van der Waals surface area contributed by atoms with Crippen LogP contribution in [0.3, 0.4) is 0 Å². The molecule has 0 aliphatic carbocycles. The van der Waals surface area contributed by atoms with E-state index in [1.807, 2.05) is 48.5 Å². The summed E-state index contributed by atoms with van der Waals surface area (Å²) in [5.41, 5.74) is 2.33. The van der Waals surface area contributed by atoms with Crippen LogP contribution in [0.5, 0.6) is 11.5 Å². The zero-order chi connectivity index (χ0) is 21.6. The molecule has 158 valence electrons. The van der Waals surface area contributed by atoms with Crippen molar-refractivity contribution >= 4 is 23.4 Å². The molecule has 0 atom stereocenters. The second kappa shape index (κ2) is 9.48. The fraction of sp³-hybridized carbons (Fsp3) is 0.182. The second-order valence-electron chi connectivity index (χ2n) is 6.47. The van der Waals surface area contributed by atoms with Gasteiger partial charge in [-0.2, -0.15) is 9.61 Å². The van der Waals surface area contributed by atoms with Crippen molar-refractivity contribution in [3.05, 3.63) is 66.2 Å². The Kier molecular flexibility index (Phi) is 6.32. The number of fused-ring (bicyclic) bond motifs is 1. The standard InChI is InChI=1S/C22H20N4O4S/c1-28-17-9-8-16(12-18(17)29-2)22-24-23-19-10-11-20(25-26(19)22)31-14-21(27)30-13-15-6-4-3-5-7-15/h3-12H,13-14H2,1-2H3. The van der Waals surface area contributed by atoms with Gasteiger partial charge >= 0.3 is 5.97 Å². The molecule has 2 heterocycles. The minimum Gasteiger partial charge on any atom is -0.493 e. The van der Waals surface area contributed by atoms with E-state index in [4.69, 9.17) is 14.2 Å². The van der Waals surface area contributed by atoms with Crippen LogP contribution >= 0.6 is 11.8 Å². The quantitative estimate of drug-likeness (QED) is 0.306. The molecule has 0 amide bonds. The first-order chi connectivity index (χ1) is 15.2. The highest BCUT2D eigenvalue weighted by Gasteiger charge is 2.14. The molecule has 0 aliphatic heterocycles. The van der Waals surface area contributed by atoms with Crippen LogP contribution in [0.2, 0.25) is 0 Å². The number of carbonyl (C=O) groups is 1. The third-order valence-corrected chi connectivity index (χ3v) is 5.35. The summed E-state index contributed by atoms with van der Waals surface area (Å²) in [5.74, 6) is 1.62. The van der Waals surface area contributed by atoms with Crippen LogP contribution in [0.1, 0.15) is 5.56 Å². The highest BCUT2D eigenvalue weighted by atomic mass is 32.2. The smallest absolute Gasteiger partial charge is 0.316 e. The van der Waals surface area contributed by atoms with Gasteiger partial charge in [0.05, 0.1) is 20.0 Å². The Labute approximate surface area is 183 Å². The average Bonchev–Trinajstić information content (AvgIpc) is 3.25. The largest absolute Gasteiger partial charge is 0.493 e. The van der Waals surface area contributed by atoms with Gasteiger partial charge in [0.25, 0.3) is 0 Å². The number of esters is 1. The molecule has 9 heteroatoms. The SMILES string of the molecule is COc1ccc(-c2nnc3ccc(SCC(=O)OCc4ccccc4)nn23)cc1OC. The number of nitrogens with zero attached hydrogens (tertiary/aromatic N) is 4. The Balaban J connectivity index is 1.47. The van der Waals surface area contributed by atoms with E-state index in [-0.39, 0.29) is 18.3 Å². The van der Waals surface area contributed by atoms with Crippen LogP contribution in [-0.4, -0.2) is 45.8 Å². The molecule has 0 N–H and O–H groups in total. The van der Waals surface area contributed by atoms with Gasteiger partial charge < -0.3 is 14.2 Å². The molecule has 0 aliphatic rings. The Morgan fingerprint density at radius 1 is 0.968 bits per heavy atom. The van der Waals surface area contributed by atoms with E-state index in [0.717, 1.165) is 11.1 Å². The van der Waals surface area contributed by atoms with Crippen LogP contribution in [0.4, 0.5) is 0 Å². The van der Waals surface area contributed by atoms with Crippen molar-refractivity contribution in [3.63, 3.8) is 0 Å². The third-order valence-electron chi connectivity index (χ3n) is 4.46. The molecule has 31 heavy (non-hydrogen) atoms. The van der Waals surface area contributed by atoms with Crippen molar-refractivity contribution in [2.75, 3.05) is 20.0 Å². The molecule has 0 radical (unpaired) electrons. The van der Waals surface area contributed by atoms with Crippen LogP contribution in [-0.2, 0) is 16.1 Å². The van der Waals surface area contributed by atoms with Crippen molar-refractivity contribution in [2.24, 2.45) is 0 Å². The van der Waals surface area contributed by atoms with E-state index in [1.54, 1.807) is 30.9 Å². The van der Waals surface area contributed by atoms with Crippen molar-refractivity contribution in [1.29, 1.82) is 0 Å². The first kappa shape index (κ1) is 20.7. The summed E-state index contributed by atoms with van der Waals surface area (Å²) in [6.07, 6.45) is 0. The number of methoxy groups -OCH3 is 2. The zero-order valence-electron chi connectivity index (χ0n) is 17.0. The highest BCUT2D eigenvalue weighted by molar-refractivity contribution is 7.99. The summed E-state index contributed by atoms with van der Waals surface area (Å²) in [6, 6.07) is 18.7. The van der Waals surface area contributed by atoms with E-state index < -0.39 is 0 Å². The van der Waals surface area contributed by atoms with Gasteiger partial charge in [0, 0.05) is 5.56 Å². The van der Waals surface area contributed by atoms with Crippen molar-refractivity contribution < 1.29 is 19.0 Å². The summed E-state index contributed by atoms with van der Waals surface area (Å²) >= 11 is 1.29. The average molecular weight is 436 g/mol. The minimum absolute atomic E-state index is 0.152. The topological polar surface area (TPSA) is 87.8 Å². The van der Waals surface area contributed by atoms with Crippen LogP contribution in [0.15, 0.2) is 65.7 Å². The van der Waals surface area contributed by atoms with Crippen LogP contribution in [0, 0.1) is 0 Å². The summed E-state index contributed by atoms with van der Waals surface area (Å²) in [6.45, 7) is 0.252. The lowest BCUT2D eigenvalue weighted by Gasteiger charge is -2.09. The fourth-order valence-electron chi connectivity index (χ4n) is 2.92. The fourth-order valence-corrected chi connectivity index (χ4v) is 3.57. The van der Waals surface area contributed by atoms with Gasteiger partial charge in [0.1, 0.15) is 11.6 Å². The predicted octanol–water partition coefficient (Wildman–Crippen LogP) is 3.64. The molecule has 0 unspecified atom stereocenters. The number of benzene rings is 2. The summed E-state index contributed by atoms with van der Waals surface area (Å²) in [5, 5.41) is 13.7. The maximum atomic E-state index is 12.1. The molecule has 4 rings (SSSR count). The van der Waals surface area contributed by atoms with Crippen molar-refractivity contribution in [3.8, 4) is 22.9 Å². The van der Waals surface area contributed by atoms with E-state index in [1.165, 1.54) is 11.8 Å². The number of hydrogen-bond donors (Lipinski definition) is 0. The molecule has 8 nitrogen and oxygen atoms in total. The number of ether oxygens (including phenoxy) is 3. The van der Waals surface area contributed by atoms with Gasteiger partial charge in [-0.1, -0.05) is 42.1 Å². The first-order valence-corrected chi connectivity index (χ1v) is 10.4. The maximum Gasteiger partial charge on any atom is 0.316 e. The second-order valence-corrected chi connectivity index (χ2v) is 7.47. The molecule has 0 spiro atoms. The lowest BCUT2D eigenvalue weighted by atomic mass is 10.2. The Morgan fingerprint density at radius 2 is 1.77 bits per heavy atom. The maximum absolute atomic E-state index is 12.1. The predicted molar refractivity (Wildman–Crippen MR) is 116 cm³/mol. The summed E-state index contributed by atoms with van der Waals surface area (Å²) in [4.78, 5) is 12.1. The molecular formula is C22H20N4O4S. The Bertz CT molecular complexity index is 1200. The van der Waals surface area contributed by atoms with Gasteiger partial charge in [0.2, 0.25) is 0 Å². The minimum atomic E-state index is -0.306. The number of hydrogen-bond acceptors (Lipinski definition) is 8. The van der Waals surface area contributed by atoms with Crippen molar-refractivity contribution in [1.82, 2.24) is 19.8 Å². The molecule has 0 saturated carbocycles. The molecule has 0 fully saturated rings. The number of thioether (sulfide) groups is 1. The van der Waals surface area contributed by atoms with Gasteiger partial charge in [-0.05, 0) is 35.9 Å². The molecule has 0 saturated heterocycles. The van der Waals surface area contributed by atoms with E-state index in [9.17, 15) is 4.79 Å². The monoisotopic (exact) mass is 436 g/mol. The Morgan fingerprint density at radius 3 is 2.55 bits per heavy atom. The van der Waals surface area contributed by atoms with Crippen LogP contribution < -0.4 is 9.47 Å². The molecule has 4 aromatic rings.